The number of ether oxygens (including phenoxy) is 1. The molecule has 0 aliphatic carbocycles. The maximum atomic E-state index is 14.4. The predicted octanol–water partition coefficient (Wildman–Crippen LogP) is 5.57. The van der Waals surface area contributed by atoms with E-state index in [4.69, 9.17) is 0 Å². The molecule has 2 N–H and O–H groups in total. The maximum absolute atomic E-state index is 14.4. The molecule has 34 heavy (non-hydrogen) atoms. The van der Waals surface area contributed by atoms with Crippen LogP contribution in [0.2, 0.25) is 0 Å². The molecule has 1 heterocycles. The predicted molar refractivity (Wildman–Crippen MR) is 135 cm³/mol. The minimum atomic E-state index is -3.42. The molecule has 2 aromatic rings. The number of nitrogens with two attached hydrogens (primary N) is 1. The highest BCUT2D eigenvalue weighted by molar-refractivity contribution is 7.90. The second-order valence-corrected chi connectivity index (χ2v) is 9.76. The average molecular weight is 497 g/mol. The van der Waals surface area contributed by atoms with Gasteiger partial charge in [0.2, 0.25) is 5.91 Å². The van der Waals surface area contributed by atoms with Gasteiger partial charge in [-0.05, 0) is 44.0 Å². The van der Waals surface area contributed by atoms with Gasteiger partial charge in [-0.15, -0.1) is 0 Å². The van der Waals surface area contributed by atoms with E-state index < -0.39 is 21.7 Å². The SMILES string of the molecule is C.CC(C)OC(N)=O.CCC.CS(=O)(=O)c1ccccc1-c1ccc(N2CCCC2=O)c(F)c1. The molecule has 0 bridgehead atoms. The zero-order valence-electron chi connectivity index (χ0n) is 19.8. The molecule has 0 atom stereocenters. The Balaban J connectivity index is 0.000000845. The van der Waals surface area contributed by atoms with Crippen LogP contribution in [0.5, 0.6) is 0 Å². The van der Waals surface area contributed by atoms with Crippen LogP contribution in [0.15, 0.2) is 47.4 Å². The molecule has 2 aromatic carbocycles. The number of nitrogens with zero attached hydrogens (tertiary/aromatic N) is 1. The fourth-order valence-corrected chi connectivity index (χ4v) is 3.97. The Hall–Kier alpha value is -2.94. The first-order valence-corrected chi connectivity index (χ1v) is 12.7. The van der Waals surface area contributed by atoms with Crippen LogP contribution in [0.3, 0.4) is 0 Å². The van der Waals surface area contributed by atoms with Crippen molar-refractivity contribution in [2.45, 2.75) is 65.4 Å². The summed E-state index contributed by atoms with van der Waals surface area (Å²) in [6, 6.07) is 10.9. The smallest absolute Gasteiger partial charge is 0.404 e. The fourth-order valence-electron chi connectivity index (χ4n) is 3.06. The Labute approximate surface area is 203 Å². The van der Waals surface area contributed by atoms with Gasteiger partial charge in [-0.1, -0.05) is 52.0 Å². The molecule has 1 aliphatic heterocycles. The quantitative estimate of drug-likeness (QED) is 0.596. The van der Waals surface area contributed by atoms with Crippen molar-refractivity contribution in [2.24, 2.45) is 5.73 Å². The number of amides is 2. The lowest BCUT2D eigenvalue weighted by molar-refractivity contribution is -0.117. The van der Waals surface area contributed by atoms with Gasteiger partial charge in [0, 0.05) is 24.8 Å². The number of halogens is 1. The molecule has 7 nitrogen and oxygen atoms in total. The third kappa shape index (κ3) is 9.51. The maximum Gasteiger partial charge on any atom is 0.404 e. The first-order valence-electron chi connectivity index (χ1n) is 10.8. The summed E-state index contributed by atoms with van der Waals surface area (Å²) in [5, 5.41) is 0. The highest BCUT2D eigenvalue weighted by Gasteiger charge is 2.24. The van der Waals surface area contributed by atoms with E-state index in [1.54, 1.807) is 38.1 Å². The third-order valence-electron chi connectivity index (χ3n) is 4.26. The van der Waals surface area contributed by atoms with Crippen LogP contribution in [0.25, 0.3) is 11.1 Å². The van der Waals surface area contributed by atoms with Gasteiger partial charge in [-0.2, -0.15) is 0 Å². The van der Waals surface area contributed by atoms with E-state index in [1.165, 1.54) is 29.5 Å². The number of anilines is 1. The lowest BCUT2D eigenvalue weighted by Crippen LogP contribution is -2.24. The van der Waals surface area contributed by atoms with E-state index in [1.807, 2.05) is 0 Å². The van der Waals surface area contributed by atoms with Crippen LogP contribution in [-0.4, -0.2) is 39.3 Å². The molecule has 0 saturated carbocycles. The number of sulfone groups is 1. The number of carbonyl (C=O) groups excluding carboxylic acids is 2. The van der Waals surface area contributed by atoms with Crippen molar-refractivity contribution in [3.63, 3.8) is 0 Å². The van der Waals surface area contributed by atoms with Crippen molar-refractivity contribution >= 4 is 27.5 Å². The summed E-state index contributed by atoms with van der Waals surface area (Å²) in [5.74, 6) is -0.616. The molecule has 3 rings (SSSR count). The van der Waals surface area contributed by atoms with Crippen molar-refractivity contribution in [1.82, 2.24) is 0 Å². The molecular weight excluding hydrogens is 459 g/mol. The molecule has 2 amide bonds. The van der Waals surface area contributed by atoms with Crippen molar-refractivity contribution < 1.29 is 27.1 Å². The van der Waals surface area contributed by atoms with Gasteiger partial charge in [0.15, 0.2) is 9.84 Å². The molecule has 1 saturated heterocycles. The highest BCUT2D eigenvalue weighted by Crippen LogP contribution is 2.32. The van der Waals surface area contributed by atoms with Gasteiger partial charge in [0.25, 0.3) is 0 Å². The normalized spacial score (nSPS) is 12.7. The lowest BCUT2D eigenvalue weighted by Gasteiger charge is -2.17. The van der Waals surface area contributed by atoms with E-state index in [2.05, 4.69) is 24.3 Å². The number of carbonyl (C=O) groups is 2. The standard InChI is InChI=1S/C17H16FNO3S.C4H9NO2.C3H8.CH4/c1-23(21,22)16-6-3-2-5-13(16)12-8-9-15(14(18)11-12)19-10-4-7-17(19)20;1-3(2)7-4(5)6;1-3-2;/h2-3,5-6,8-9,11H,4,7,10H2,1H3;3H,1-2H3,(H2,5,6);3H2,1-2H3;1H4. The zero-order chi connectivity index (χ0) is 25.2. The molecule has 1 aliphatic rings. The number of rotatable bonds is 4. The summed E-state index contributed by atoms with van der Waals surface area (Å²) in [7, 11) is -3.42. The van der Waals surface area contributed by atoms with Gasteiger partial charge >= 0.3 is 6.09 Å². The van der Waals surface area contributed by atoms with E-state index in [0.29, 0.717) is 24.1 Å². The number of primary amides is 1. The minimum Gasteiger partial charge on any atom is -0.447 e. The zero-order valence-corrected chi connectivity index (χ0v) is 20.6. The minimum absolute atomic E-state index is 0. The van der Waals surface area contributed by atoms with Gasteiger partial charge in [-0.3, -0.25) is 4.79 Å². The van der Waals surface area contributed by atoms with Crippen molar-refractivity contribution in [3.8, 4) is 11.1 Å². The van der Waals surface area contributed by atoms with Crippen molar-refractivity contribution in [2.75, 3.05) is 17.7 Å². The van der Waals surface area contributed by atoms with Crippen LogP contribution in [0.1, 0.15) is 54.4 Å². The van der Waals surface area contributed by atoms with Crippen LogP contribution in [-0.2, 0) is 19.4 Å². The fraction of sp³-hybridized carbons (Fsp3) is 0.440. The summed E-state index contributed by atoms with van der Waals surface area (Å²) in [4.78, 5) is 23.1. The van der Waals surface area contributed by atoms with Gasteiger partial charge in [-0.25, -0.2) is 17.6 Å². The second-order valence-electron chi connectivity index (χ2n) is 7.78. The van der Waals surface area contributed by atoms with E-state index >= 15 is 0 Å². The number of hydrogen-bond donors (Lipinski definition) is 1. The van der Waals surface area contributed by atoms with Gasteiger partial charge in [0.05, 0.1) is 16.7 Å². The average Bonchev–Trinajstić information content (AvgIpc) is 3.13. The molecule has 0 aromatic heterocycles. The molecule has 190 valence electrons. The van der Waals surface area contributed by atoms with Gasteiger partial charge in [0.1, 0.15) is 5.82 Å². The molecule has 0 spiro atoms. The lowest BCUT2D eigenvalue weighted by atomic mass is 10.0. The third-order valence-corrected chi connectivity index (χ3v) is 5.42. The largest absolute Gasteiger partial charge is 0.447 e. The molecule has 0 unspecified atom stereocenters. The summed E-state index contributed by atoms with van der Waals surface area (Å²) in [6.45, 7) is 8.24. The topological polar surface area (TPSA) is 107 Å². The summed E-state index contributed by atoms with van der Waals surface area (Å²) < 4.78 is 42.6. The van der Waals surface area contributed by atoms with Crippen molar-refractivity contribution in [1.29, 1.82) is 0 Å². The number of benzene rings is 2. The Morgan fingerprint density at radius 2 is 1.76 bits per heavy atom. The van der Waals surface area contributed by atoms with Crippen LogP contribution in [0.4, 0.5) is 14.9 Å². The summed E-state index contributed by atoms with van der Waals surface area (Å²) in [5.41, 5.74) is 5.80. The van der Waals surface area contributed by atoms with Crippen LogP contribution < -0.4 is 10.6 Å². The second kappa shape index (κ2) is 14.3. The summed E-state index contributed by atoms with van der Waals surface area (Å²) >= 11 is 0. The monoisotopic (exact) mass is 496 g/mol. The molecule has 0 radical (unpaired) electrons. The van der Waals surface area contributed by atoms with Gasteiger partial charge < -0.3 is 15.4 Å². The Bertz CT molecular complexity index is 1060. The Morgan fingerprint density at radius 3 is 2.18 bits per heavy atom. The number of hydrogen-bond acceptors (Lipinski definition) is 5. The van der Waals surface area contributed by atoms with E-state index in [-0.39, 0.29) is 30.0 Å². The molecular formula is C25H37FN2O5S. The first kappa shape index (κ1) is 31.1. The molecule has 9 heteroatoms. The van der Waals surface area contributed by atoms with Crippen molar-refractivity contribution in [3.05, 3.63) is 48.3 Å². The molecule has 1 fully saturated rings. The summed E-state index contributed by atoms with van der Waals surface area (Å²) in [6.07, 6.45) is 2.71. The van der Waals surface area contributed by atoms with Crippen LogP contribution >= 0.6 is 0 Å². The van der Waals surface area contributed by atoms with E-state index in [0.717, 1.165) is 12.7 Å². The Morgan fingerprint density at radius 1 is 1.18 bits per heavy atom. The first-order chi connectivity index (χ1) is 15.4. The van der Waals surface area contributed by atoms with E-state index in [9.17, 15) is 22.4 Å². The Kier molecular flexibility index (Phi) is 13.1. The highest BCUT2D eigenvalue weighted by atomic mass is 32.2. The van der Waals surface area contributed by atoms with Crippen LogP contribution in [0, 0.1) is 5.82 Å².